The molecular formula is C13H9NO2S. The SMILES string of the molecule is Nc1cccc2sc3c(c(=O)c12)C=CCC3=O. The average Bonchev–Trinajstić information content (AvgIpc) is 2.31. The summed E-state index contributed by atoms with van der Waals surface area (Å²) in [6.07, 6.45) is 3.82. The van der Waals surface area contributed by atoms with Crippen LogP contribution in [-0.4, -0.2) is 5.78 Å². The number of ketones is 1. The van der Waals surface area contributed by atoms with Crippen LogP contribution in [0.1, 0.15) is 21.7 Å². The number of carbonyl (C=O) groups is 1. The Morgan fingerprint density at radius 3 is 2.88 bits per heavy atom. The van der Waals surface area contributed by atoms with Gasteiger partial charge in [0, 0.05) is 22.4 Å². The molecule has 2 aromatic rings. The van der Waals surface area contributed by atoms with Gasteiger partial charge in [-0.1, -0.05) is 18.2 Å². The lowest BCUT2D eigenvalue weighted by molar-refractivity contribution is 0.0998. The van der Waals surface area contributed by atoms with E-state index in [2.05, 4.69) is 0 Å². The van der Waals surface area contributed by atoms with E-state index in [0.717, 1.165) is 4.70 Å². The van der Waals surface area contributed by atoms with Crippen molar-refractivity contribution in [2.24, 2.45) is 0 Å². The first kappa shape index (κ1) is 10.2. The molecule has 1 aromatic heterocycles. The van der Waals surface area contributed by atoms with Crippen LogP contribution in [0.4, 0.5) is 5.69 Å². The van der Waals surface area contributed by atoms with Crippen LogP contribution < -0.4 is 11.2 Å². The minimum atomic E-state index is -0.142. The summed E-state index contributed by atoms with van der Waals surface area (Å²) in [6.45, 7) is 0. The van der Waals surface area contributed by atoms with Crippen LogP contribution in [0.2, 0.25) is 0 Å². The Bertz CT molecular complexity index is 728. The predicted octanol–water partition coefficient (Wildman–Crippen LogP) is 2.44. The Balaban J connectivity index is 2.54. The molecule has 4 heteroatoms. The third-order valence-corrected chi connectivity index (χ3v) is 4.04. The van der Waals surface area contributed by atoms with Crippen LogP contribution >= 0.6 is 11.3 Å². The zero-order valence-corrected chi connectivity index (χ0v) is 9.71. The zero-order chi connectivity index (χ0) is 12.0. The summed E-state index contributed by atoms with van der Waals surface area (Å²) in [4.78, 5) is 24.6. The molecule has 3 nitrogen and oxygen atoms in total. The lowest BCUT2D eigenvalue weighted by Gasteiger charge is -2.09. The summed E-state index contributed by atoms with van der Waals surface area (Å²) in [5.74, 6) is 0.00826. The van der Waals surface area contributed by atoms with E-state index in [-0.39, 0.29) is 11.2 Å². The predicted molar refractivity (Wildman–Crippen MR) is 70.5 cm³/mol. The van der Waals surface area contributed by atoms with Gasteiger partial charge in [-0.15, -0.1) is 11.3 Å². The topological polar surface area (TPSA) is 60.2 Å². The van der Waals surface area contributed by atoms with Gasteiger partial charge in [0.2, 0.25) is 0 Å². The molecule has 0 radical (unpaired) electrons. The van der Waals surface area contributed by atoms with Gasteiger partial charge in [-0.2, -0.15) is 0 Å². The summed E-state index contributed by atoms with van der Waals surface area (Å²) in [5.41, 5.74) is 6.63. The smallest absolute Gasteiger partial charge is 0.198 e. The van der Waals surface area contributed by atoms with Crippen LogP contribution in [-0.2, 0) is 0 Å². The highest BCUT2D eigenvalue weighted by Gasteiger charge is 2.19. The highest BCUT2D eigenvalue weighted by molar-refractivity contribution is 7.20. The fourth-order valence-corrected chi connectivity index (χ4v) is 3.16. The lowest BCUT2D eigenvalue weighted by atomic mass is 10.0. The van der Waals surface area contributed by atoms with E-state index in [1.54, 1.807) is 24.3 Å². The molecule has 1 aliphatic rings. The fourth-order valence-electron chi connectivity index (χ4n) is 2.01. The Morgan fingerprint density at radius 2 is 2.06 bits per heavy atom. The second kappa shape index (κ2) is 3.53. The number of nitrogen functional groups attached to an aromatic ring is 1. The van der Waals surface area contributed by atoms with Crippen molar-refractivity contribution in [3.63, 3.8) is 0 Å². The van der Waals surface area contributed by atoms with Gasteiger partial charge in [0.05, 0.1) is 10.3 Å². The van der Waals surface area contributed by atoms with Gasteiger partial charge in [-0.3, -0.25) is 9.59 Å². The lowest BCUT2D eigenvalue weighted by Crippen LogP contribution is -2.14. The van der Waals surface area contributed by atoms with Crippen molar-refractivity contribution < 1.29 is 4.79 Å². The fraction of sp³-hybridized carbons (Fsp3) is 0.0769. The number of rotatable bonds is 0. The van der Waals surface area contributed by atoms with Crippen LogP contribution in [0.5, 0.6) is 0 Å². The van der Waals surface area contributed by atoms with Gasteiger partial charge in [-0.05, 0) is 12.1 Å². The van der Waals surface area contributed by atoms with Crippen molar-refractivity contribution in [3.8, 4) is 0 Å². The monoisotopic (exact) mass is 243 g/mol. The molecule has 0 saturated heterocycles. The number of hydrogen-bond donors (Lipinski definition) is 1. The molecule has 0 spiro atoms. The molecule has 0 atom stereocenters. The maximum atomic E-state index is 12.3. The number of benzene rings is 1. The van der Waals surface area contributed by atoms with E-state index < -0.39 is 0 Å². The van der Waals surface area contributed by atoms with Crippen LogP contribution in [0.25, 0.3) is 16.2 Å². The van der Waals surface area contributed by atoms with E-state index in [9.17, 15) is 9.59 Å². The number of nitrogens with two attached hydrogens (primary N) is 1. The quantitative estimate of drug-likeness (QED) is 0.723. The Labute approximate surface area is 101 Å². The van der Waals surface area contributed by atoms with E-state index in [0.29, 0.717) is 27.9 Å². The third kappa shape index (κ3) is 1.41. The highest BCUT2D eigenvalue weighted by atomic mass is 32.1. The van der Waals surface area contributed by atoms with E-state index >= 15 is 0 Å². The first-order valence-corrected chi connectivity index (χ1v) is 6.05. The van der Waals surface area contributed by atoms with Gasteiger partial charge in [0.1, 0.15) is 0 Å². The molecule has 0 fully saturated rings. The molecule has 0 aliphatic heterocycles. The molecule has 84 valence electrons. The molecule has 2 N–H and O–H groups in total. The van der Waals surface area contributed by atoms with Crippen molar-refractivity contribution in [2.45, 2.75) is 6.42 Å². The Hall–Kier alpha value is -1.94. The molecule has 0 unspecified atom stereocenters. The first-order valence-electron chi connectivity index (χ1n) is 5.23. The number of hydrogen-bond acceptors (Lipinski definition) is 4. The van der Waals surface area contributed by atoms with E-state index in [4.69, 9.17) is 5.73 Å². The van der Waals surface area contributed by atoms with Crippen LogP contribution in [0.3, 0.4) is 0 Å². The van der Waals surface area contributed by atoms with Crippen LogP contribution in [0, 0.1) is 0 Å². The van der Waals surface area contributed by atoms with E-state index in [1.165, 1.54) is 11.3 Å². The number of carbonyl (C=O) groups excluding carboxylic acids is 1. The Kier molecular flexibility index (Phi) is 2.12. The van der Waals surface area contributed by atoms with Crippen molar-refractivity contribution in [1.29, 1.82) is 0 Å². The first-order chi connectivity index (χ1) is 8.18. The maximum absolute atomic E-state index is 12.3. The highest BCUT2D eigenvalue weighted by Crippen LogP contribution is 2.29. The minimum Gasteiger partial charge on any atom is -0.398 e. The largest absolute Gasteiger partial charge is 0.398 e. The summed E-state index contributed by atoms with van der Waals surface area (Å²) >= 11 is 1.34. The zero-order valence-electron chi connectivity index (χ0n) is 8.90. The summed E-state index contributed by atoms with van der Waals surface area (Å²) in [5, 5.41) is 0.524. The molecule has 3 rings (SSSR count). The molecule has 1 aromatic carbocycles. The number of Topliss-reactive ketones (excluding diaryl/α,β-unsaturated/α-hetero) is 1. The summed E-state index contributed by atoms with van der Waals surface area (Å²) in [7, 11) is 0. The second-order valence-electron chi connectivity index (χ2n) is 3.92. The second-order valence-corrected chi connectivity index (χ2v) is 4.98. The van der Waals surface area contributed by atoms with Gasteiger partial charge >= 0.3 is 0 Å². The van der Waals surface area contributed by atoms with Gasteiger partial charge in [0.25, 0.3) is 0 Å². The summed E-state index contributed by atoms with van der Waals surface area (Å²) in [6, 6.07) is 5.32. The number of fused-ring (bicyclic) bond motifs is 2. The number of allylic oxidation sites excluding steroid dienone is 1. The van der Waals surface area contributed by atoms with Crippen molar-refractivity contribution in [2.75, 3.05) is 5.73 Å². The van der Waals surface area contributed by atoms with Crippen molar-refractivity contribution in [1.82, 2.24) is 0 Å². The minimum absolute atomic E-state index is 0.00826. The maximum Gasteiger partial charge on any atom is 0.198 e. The van der Waals surface area contributed by atoms with Gasteiger partial charge in [0.15, 0.2) is 11.2 Å². The van der Waals surface area contributed by atoms with Gasteiger partial charge < -0.3 is 5.73 Å². The Morgan fingerprint density at radius 1 is 1.24 bits per heavy atom. The van der Waals surface area contributed by atoms with Crippen molar-refractivity contribution >= 4 is 39.0 Å². The molecule has 1 aliphatic carbocycles. The molecule has 0 saturated carbocycles. The van der Waals surface area contributed by atoms with E-state index in [1.807, 2.05) is 6.07 Å². The molecule has 17 heavy (non-hydrogen) atoms. The standard InChI is InChI=1S/C13H9NO2S/c14-8-4-2-6-10-11(8)12(16)7-3-1-5-9(15)13(7)17-10/h1-4,6H,5,14H2. The molecule has 1 heterocycles. The average molecular weight is 243 g/mol. The van der Waals surface area contributed by atoms with Crippen molar-refractivity contribution in [3.05, 3.63) is 44.9 Å². The summed E-state index contributed by atoms with van der Waals surface area (Å²) < 4.78 is 0.775. The van der Waals surface area contributed by atoms with Gasteiger partial charge in [-0.25, -0.2) is 0 Å². The third-order valence-electron chi connectivity index (χ3n) is 2.83. The molecular weight excluding hydrogens is 234 g/mol. The van der Waals surface area contributed by atoms with Crippen LogP contribution in [0.15, 0.2) is 29.1 Å². The number of anilines is 1. The molecule has 0 bridgehead atoms. The normalized spacial score (nSPS) is 14.0. The molecule has 0 amide bonds.